The minimum Gasteiger partial charge on any atom is -0.338 e. The molecule has 0 N–H and O–H groups in total. The Hall–Kier alpha value is -2.17. The van der Waals surface area contributed by atoms with Crippen LogP contribution in [0.4, 0.5) is 0 Å². The maximum Gasteiger partial charge on any atom is 0.253 e. The molecule has 0 saturated carbocycles. The number of nitrogens with zero attached hydrogens (tertiary/aromatic N) is 4. The SMILES string of the molecule is O=C(c1ccc2c(c1)CCCC2)N1CCC(n2nccn2)CC1. The van der Waals surface area contributed by atoms with E-state index in [1.807, 2.05) is 11.0 Å². The van der Waals surface area contributed by atoms with Crippen LogP contribution >= 0.6 is 0 Å². The van der Waals surface area contributed by atoms with Crippen LogP contribution in [0, 0.1) is 0 Å². The Bertz CT molecular complexity index is 687. The number of hydrogen-bond donors (Lipinski definition) is 0. The molecule has 120 valence electrons. The van der Waals surface area contributed by atoms with E-state index in [1.165, 1.54) is 24.0 Å². The van der Waals surface area contributed by atoms with Crippen LogP contribution in [0.15, 0.2) is 30.6 Å². The summed E-state index contributed by atoms with van der Waals surface area (Å²) in [5.74, 6) is 0.172. The predicted octanol–water partition coefficient (Wildman–Crippen LogP) is 2.63. The maximum absolute atomic E-state index is 12.8. The summed E-state index contributed by atoms with van der Waals surface area (Å²) in [6.45, 7) is 1.56. The van der Waals surface area contributed by atoms with E-state index in [0.717, 1.165) is 44.3 Å². The molecule has 0 bridgehead atoms. The summed E-state index contributed by atoms with van der Waals surface area (Å²) >= 11 is 0. The smallest absolute Gasteiger partial charge is 0.253 e. The average molecular weight is 310 g/mol. The van der Waals surface area contributed by atoms with Crippen LogP contribution in [-0.2, 0) is 12.8 Å². The summed E-state index contributed by atoms with van der Waals surface area (Å²) in [5, 5.41) is 8.44. The molecule has 2 aromatic rings. The second-order valence-electron chi connectivity index (χ2n) is 6.56. The van der Waals surface area contributed by atoms with Gasteiger partial charge in [0.2, 0.25) is 0 Å². The van der Waals surface area contributed by atoms with Crippen LogP contribution in [0.1, 0.15) is 53.2 Å². The van der Waals surface area contributed by atoms with E-state index in [9.17, 15) is 4.79 Å². The molecule has 5 nitrogen and oxygen atoms in total. The van der Waals surface area contributed by atoms with E-state index in [4.69, 9.17) is 0 Å². The lowest BCUT2D eigenvalue weighted by Gasteiger charge is -2.31. The highest BCUT2D eigenvalue weighted by Crippen LogP contribution is 2.25. The lowest BCUT2D eigenvalue weighted by molar-refractivity contribution is 0.0683. The number of hydrogen-bond acceptors (Lipinski definition) is 3. The molecule has 0 atom stereocenters. The molecule has 1 aliphatic heterocycles. The van der Waals surface area contributed by atoms with Gasteiger partial charge in [-0.1, -0.05) is 6.07 Å². The Morgan fingerprint density at radius 1 is 1.00 bits per heavy atom. The van der Waals surface area contributed by atoms with Crippen molar-refractivity contribution in [2.24, 2.45) is 0 Å². The van der Waals surface area contributed by atoms with Crippen molar-refractivity contribution in [3.8, 4) is 0 Å². The molecule has 0 radical (unpaired) electrons. The number of aryl methyl sites for hydroxylation is 2. The van der Waals surface area contributed by atoms with Gasteiger partial charge in [-0.3, -0.25) is 4.79 Å². The van der Waals surface area contributed by atoms with Crippen molar-refractivity contribution >= 4 is 5.91 Å². The first-order valence-corrected chi connectivity index (χ1v) is 8.58. The number of carbonyl (C=O) groups is 1. The van der Waals surface area contributed by atoms with Crippen LogP contribution in [0.2, 0.25) is 0 Å². The van der Waals surface area contributed by atoms with Crippen LogP contribution in [0.25, 0.3) is 0 Å². The predicted molar refractivity (Wildman–Crippen MR) is 87.3 cm³/mol. The molecule has 1 aromatic heterocycles. The minimum atomic E-state index is 0.172. The van der Waals surface area contributed by atoms with Crippen molar-refractivity contribution in [1.29, 1.82) is 0 Å². The number of fused-ring (bicyclic) bond motifs is 1. The molecule has 2 heterocycles. The minimum absolute atomic E-state index is 0.172. The second kappa shape index (κ2) is 6.14. The molecule has 4 rings (SSSR count). The third-order valence-corrected chi connectivity index (χ3v) is 5.11. The topological polar surface area (TPSA) is 51.0 Å². The first-order valence-electron chi connectivity index (χ1n) is 8.58. The molecule has 23 heavy (non-hydrogen) atoms. The third kappa shape index (κ3) is 2.87. The zero-order valence-corrected chi connectivity index (χ0v) is 13.3. The second-order valence-corrected chi connectivity index (χ2v) is 6.56. The molecule has 1 fully saturated rings. The number of aromatic nitrogens is 3. The van der Waals surface area contributed by atoms with Gasteiger partial charge >= 0.3 is 0 Å². The lowest BCUT2D eigenvalue weighted by Crippen LogP contribution is -2.39. The largest absolute Gasteiger partial charge is 0.338 e. The third-order valence-electron chi connectivity index (χ3n) is 5.11. The van der Waals surface area contributed by atoms with Crippen LogP contribution in [0.3, 0.4) is 0 Å². The standard InChI is InChI=1S/C18H22N4O/c23-18(16-6-5-14-3-1-2-4-15(14)13-16)21-11-7-17(8-12-21)22-19-9-10-20-22/h5-6,9-10,13,17H,1-4,7-8,11-12H2. The van der Waals surface area contributed by atoms with Gasteiger partial charge in [0.05, 0.1) is 18.4 Å². The fourth-order valence-electron chi connectivity index (χ4n) is 3.76. The molecule has 1 saturated heterocycles. The van der Waals surface area contributed by atoms with Crippen molar-refractivity contribution < 1.29 is 4.79 Å². The van der Waals surface area contributed by atoms with Crippen molar-refractivity contribution in [1.82, 2.24) is 19.9 Å². The van der Waals surface area contributed by atoms with Gasteiger partial charge in [-0.05, 0) is 61.8 Å². The van der Waals surface area contributed by atoms with Crippen molar-refractivity contribution in [2.45, 2.75) is 44.6 Å². The van der Waals surface area contributed by atoms with Gasteiger partial charge < -0.3 is 4.90 Å². The molecular weight excluding hydrogens is 288 g/mol. The average Bonchev–Trinajstić information content (AvgIpc) is 3.15. The van der Waals surface area contributed by atoms with Gasteiger partial charge in [-0.15, -0.1) is 0 Å². The van der Waals surface area contributed by atoms with E-state index in [1.54, 1.807) is 17.2 Å². The summed E-state index contributed by atoms with van der Waals surface area (Å²) in [6.07, 6.45) is 10.1. The number of likely N-dealkylation sites (tertiary alicyclic amines) is 1. The Morgan fingerprint density at radius 3 is 2.43 bits per heavy atom. The fraction of sp³-hybridized carbons (Fsp3) is 0.500. The Kier molecular flexibility index (Phi) is 3.85. The van der Waals surface area contributed by atoms with Gasteiger partial charge in [0.25, 0.3) is 5.91 Å². The highest BCUT2D eigenvalue weighted by atomic mass is 16.2. The van der Waals surface area contributed by atoms with E-state index < -0.39 is 0 Å². The van der Waals surface area contributed by atoms with Gasteiger partial charge in [-0.2, -0.15) is 15.0 Å². The van der Waals surface area contributed by atoms with Crippen molar-refractivity contribution in [3.63, 3.8) is 0 Å². The monoisotopic (exact) mass is 310 g/mol. The molecule has 1 aromatic carbocycles. The summed E-state index contributed by atoms with van der Waals surface area (Å²) in [4.78, 5) is 16.5. The van der Waals surface area contributed by atoms with Crippen molar-refractivity contribution in [2.75, 3.05) is 13.1 Å². The van der Waals surface area contributed by atoms with E-state index >= 15 is 0 Å². The first-order chi connectivity index (χ1) is 11.3. The van der Waals surface area contributed by atoms with E-state index in [0.29, 0.717) is 6.04 Å². The van der Waals surface area contributed by atoms with Crippen LogP contribution in [-0.4, -0.2) is 38.9 Å². The number of piperidine rings is 1. The number of amides is 1. The van der Waals surface area contributed by atoms with Crippen molar-refractivity contribution in [3.05, 3.63) is 47.3 Å². The highest BCUT2D eigenvalue weighted by Gasteiger charge is 2.25. The Labute approximate surface area is 136 Å². The van der Waals surface area contributed by atoms with Gasteiger partial charge in [0.15, 0.2) is 0 Å². The Balaban J connectivity index is 1.44. The molecule has 1 aliphatic carbocycles. The zero-order chi connectivity index (χ0) is 15.6. The number of rotatable bonds is 2. The summed E-state index contributed by atoms with van der Waals surface area (Å²) in [5.41, 5.74) is 3.65. The van der Waals surface area contributed by atoms with Gasteiger partial charge in [-0.25, -0.2) is 0 Å². The van der Waals surface area contributed by atoms with Gasteiger partial charge in [0.1, 0.15) is 0 Å². The Morgan fingerprint density at radius 2 is 1.70 bits per heavy atom. The zero-order valence-electron chi connectivity index (χ0n) is 13.3. The molecular formula is C18H22N4O. The highest BCUT2D eigenvalue weighted by molar-refractivity contribution is 5.94. The molecule has 1 amide bonds. The molecule has 0 unspecified atom stereocenters. The molecule has 5 heteroatoms. The number of benzene rings is 1. The fourth-order valence-corrected chi connectivity index (χ4v) is 3.76. The summed E-state index contributed by atoms with van der Waals surface area (Å²) < 4.78 is 0. The van der Waals surface area contributed by atoms with Crippen LogP contribution < -0.4 is 0 Å². The summed E-state index contributed by atoms with van der Waals surface area (Å²) in [6, 6.07) is 6.60. The molecule has 2 aliphatic rings. The first kappa shape index (κ1) is 14.4. The number of carbonyl (C=O) groups excluding carboxylic acids is 1. The maximum atomic E-state index is 12.8. The normalized spacial score (nSPS) is 18.7. The van der Waals surface area contributed by atoms with Gasteiger partial charge in [0, 0.05) is 18.7 Å². The van der Waals surface area contributed by atoms with E-state index in [2.05, 4.69) is 22.3 Å². The lowest BCUT2D eigenvalue weighted by atomic mass is 9.90. The van der Waals surface area contributed by atoms with Crippen LogP contribution in [0.5, 0.6) is 0 Å². The quantitative estimate of drug-likeness (QED) is 0.857. The molecule has 0 spiro atoms. The summed E-state index contributed by atoms with van der Waals surface area (Å²) in [7, 11) is 0. The van der Waals surface area contributed by atoms with E-state index in [-0.39, 0.29) is 5.91 Å².